The van der Waals surface area contributed by atoms with E-state index in [9.17, 15) is 28.8 Å². The second kappa shape index (κ2) is 16.0. The predicted octanol–water partition coefficient (Wildman–Crippen LogP) is 5.23. The summed E-state index contributed by atoms with van der Waals surface area (Å²) >= 11 is 0. The lowest BCUT2D eigenvalue weighted by atomic mass is 9.52. The molecule has 1 spiro atoms. The summed E-state index contributed by atoms with van der Waals surface area (Å²) in [7, 11) is 0. The molecule has 4 rings (SSSR count). The normalized spacial score (nSPS) is 37.9. The van der Waals surface area contributed by atoms with Crippen LogP contribution in [0.5, 0.6) is 0 Å². The lowest BCUT2D eigenvalue weighted by molar-refractivity contribution is -0.248. The summed E-state index contributed by atoms with van der Waals surface area (Å²) in [5.74, 6) is -5.28. The van der Waals surface area contributed by atoms with Gasteiger partial charge in [0, 0.05) is 58.3 Å². The highest BCUT2D eigenvalue weighted by atomic mass is 16.7. The number of epoxide rings is 1. The number of ether oxygens (including phenoxy) is 7. The maximum Gasteiger partial charge on any atom is 0.342 e. The van der Waals surface area contributed by atoms with Crippen molar-refractivity contribution in [3.63, 3.8) is 0 Å². The highest BCUT2D eigenvalue weighted by Crippen LogP contribution is 2.66. The molecule has 0 bridgehead atoms. The van der Waals surface area contributed by atoms with Crippen LogP contribution in [-0.2, 0) is 61.9 Å². The Morgan fingerprint density at radius 1 is 0.784 bits per heavy atom. The Hall–Kier alpha value is -3.48. The fraction of sp³-hybridized carbons (Fsp3) is 0.789. The van der Waals surface area contributed by atoms with E-state index in [-0.39, 0.29) is 25.7 Å². The Kier molecular flexibility index (Phi) is 12.7. The van der Waals surface area contributed by atoms with Crippen molar-refractivity contribution in [2.24, 2.45) is 17.3 Å². The van der Waals surface area contributed by atoms with Gasteiger partial charge >= 0.3 is 35.8 Å². The largest absolute Gasteiger partial charge is 0.462 e. The smallest absolute Gasteiger partial charge is 0.342 e. The monoisotopic (exact) mass is 720 g/mol. The first-order valence-corrected chi connectivity index (χ1v) is 18.4. The highest BCUT2D eigenvalue weighted by Gasteiger charge is 2.87. The van der Waals surface area contributed by atoms with Crippen LogP contribution in [0.3, 0.4) is 0 Å². The zero-order valence-electron chi connectivity index (χ0n) is 31.6. The van der Waals surface area contributed by atoms with Gasteiger partial charge in [-0.25, -0.2) is 4.79 Å². The quantitative estimate of drug-likeness (QED) is 0.0797. The molecule has 0 N–H and O–H groups in total. The first-order valence-electron chi connectivity index (χ1n) is 18.4. The molecule has 3 fully saturated rings. The molecule has 286 valence electrons. The van der Waals surface area contributed by atoms with Gasteiger partial charge in [-0.1, -0.05) is 59.0 Å². The van der Waals surface area contributed by atoms with E-state index in [0.29, 0.717) is 18.4 Å². The van der Waals surface area contributed by atoms with Crippen LogP contribution in [0, 0.1) is 17.3 Å². The van der Waals surface area contributed by atoms with Crippen molar-refractivity contribution in [2.45, 2.75) is 174 Å². The summed E-state index contributed by atoms with van der Waals surface area (Å²) in [6.45, 7) is 14.5. The third-order valence-corrected chi connectivity index (χ3v) is 11.2. The number of carbonyl (C=O) groups excluding carboxylic acids is 6. The maximum absolute atomic E-state index is 13.4. The van der Waals surface area contributed by atoms with Crippen molar-refractivity contribution in [1.82, 2.24) is 0 Å². The zero-order chi connectivity index (χ0) is 37.9. The van der Waals surface area contributed by atoms with Crippen molar-refractivity contribution in [2.75, 3.05) is 0 Å². The van der Waals surface area contributed by atoms with Gasteiger partial charge in [0.15, 0.2) is 17.3 Å². The fourth-order valence-corrected chi connectivity index (χ4v) is 8.78. The van der Waals surface area contributed by atoms with Crippen molar-refractivity contribution < 1.29 is 61.9 Å². The SMILES string of the molecule is CCCCCCCC(=O)O[C@H]1C[C@H](OC(C)=O)[C@@]2(C)[C@H]([C@H]1C)[C@H](OC(C)=O)[C@@]13O[C@]1(C)C(=O)O[C@H]3/C=C(/C)C[C@H](OC(=O)CCC)[C@@H]2OC(C)=O. The van der Waals surface area contributed by atoms with Crippen molar-refractivity contribution >= 4 is 35.8 Å². The molecule has 0 amide bonds. The van der Waals surface area contributed by atoms with Gasteiger partial charge in [-0.15, -0.1) is 0 Å². The number of hydrogen-bond acceptors (Lipinski definition) is 13. The van der Waals surface area contributed by atoms with Crippen LogP contribution in [0.15, 0.2) is 11.6 Å². The third kappa shape index (κ3) is 7.98. The molecule has 0 aromatic heterocycles. The Labute approximate surface area is 300 Å². The van der Waals surface area contributed by atoms with E-state index in [2.05, 4.69) is 6.92 Å². The lowest BCUT2D eigenvalue weighted by Crippen LogP contribution is -2.68. The van der Waals surface area contributed by atoms with E-state index in [1.54, 1.807) is 26.8 Å². The Morgan fingerprint density at radius 3 is 1.96 bits per heavy atom. The molecular formula is C38H56O13. The fourth-order valence-electron chi connectivity index (χ4n) is 8.78. The van der Waals surface area contributed by atoms with Gasteiger partial charge in [-0.2, -0.15) is 0 Å². The van der Waals surface area contributed by atoms with E-state index >= 15 is 0 Å². The van der Waals surface area contributed by atoms with Crippen molar-refractivity contribution in [3.05, 3.63) is 11.6 Å². The molecular weight excluding hydrogens is 664 g/mol. The van der Waals surface area contributed by atoms with Gasteiger partial charge < -0.3 is 33.2 Å². The minimum Gasteiger partial charge on any atom is -0.462 e. The summed E-state index contributed by atoms with van der Waals surface area (Å²) in [4.78, 5) is 78.8. The summed E-state index contributed by atoms with van der Waals surface area (Å²) in [6, 6.07) is 0. The number of unbranched alkanes of at least 4 members (excludes halogenated alkanes) is 4. The first kappa shape index (κ1) is 40.3. The molecule has 4 aliphatic rings. The minimum absolute atomic E-state index is 0.00824. The van der Waals surface area contributed by atoms with Gasteiger partial charge in [0.1, 0.15) is 30.5 Å². The third-order valence-electron chi connectivity index (χ3n) is 11.2. The Morgan fingerprint density at radius 2 is 1.37 bits per heavy atom. The maximum atomic E-state index is 13.4. The van der Waals surface area contributed by atoms with Crippen LogP contribution in [0.4, 0.5) is 0 Å². The van der Waals surface area contributed by atoms with Crippen LogP contribution in [0.2, 0.25) is 0 Å². The lowest BCUT2D eigenvalue weighted by Gasteiger charge is -2.57. The molecule has 2 aliphatic carbocycles. The van der Waals surface area contributed by atoms with Crippen LogP contribution in [0.1, 0.15) is 127 Å². The Balaban J connectivity index is 1.95. The molecule has 0 aromatic carbocycles. The van der Waals surface area contributed by atoms with Gasteiger partial charge in [-0.3, -0.25) is 24.0 Å². The highest BCUT2D eigenvalue weighted by molar-refractivity contribution is 5.89. The molecule has 2 heterocycles. The molecule has 1 saturated carbocycles. The molecule has 13 heteroatoms. The average molecular weight is 721 g/mol. The number of hydrogen-bond donors (Lipinski definition) is 0. The van der Waals surface area contributed by atoms with E-state index in [1.807, 2.05) is 13.8 Å². The summed E-state index contributed by atoms with van der Waals surface area (Å²) < 4.78 is 42.8. The van der Waals surface area contributed by atoms with Gasteiger partial charge in [-0.05, 0) is 32.8 Å². The van der Waals surface area contributed by atoms with E-state index in [0.717, 1.165) is 25.7 Å². The van der Waals surface area contributed by atoms with Crippen LogP contribution in [0.25, 0.3) is 0 Å². The molecule has 13 nitrogen and oxygen atoms in total. The number of rotatable bonds is 13. The molecule has 0 unspecified atom stereocenters. The molecule has 11 atom stereocenters. The second-order valence-corrected chi connectivity index (χ2v) is 15.1. The molecule has 2 aliphatic heterocycles. The predicted molar refractivity (Wildman–Crippen MR) is 181 cm³/mol. The topological polar surface area (TPSA) is 170 Å². The minimum atomic E-state index is -1.53. The van der Waals surface area contributed by atoms with Crippen molar-refractivity contribution in [1.29, 1.82) is 0 Å². The standard InChI is InChI=1S/C38H56O13/c1-10-12-13-14-15-17-31(43)48-26-20-28(45-23(5)39)36(8)32(22(26)4)34(47-25(7)41)38-29(50-35(44)37(38,9)51-38)19-21(3)18-27(33(36)46-24(6)40)49-30(42)16-11-2/h19,22,26-29,32-34H,10-18,20H2,1-9H3/b21-19-/t22-,26-,27-,28-,29-,32+,33-,34-,36-,37+,38+/m0/s1. The average Bonchev–Trinajstić information content (AvgIpc) is 3.62. The molecule has 0 radical (unpaired) electrons. The van der Waals surface area contributed by atoms with Crippen LogP contribution < -0.4 is 0 Å². The molecule has 0 aromatic rings. The van der Waals surface area contributed by atoms with E-state index < -0.39 is 101 Å². The zero-order valence-corrected chi connectivity index (χ0v) is 31.6. The number of esters is 6. The second-order valence-electron chi connectivity index (χ2n) is 15.1. The van der Waals surface area contributed by atoms with Gasteiger partial charge in [0.2, 0.25) is 0 Å². The van der Waals surface area contributed by atoms with Gasteiger partial charge in [0.05, 0.1) is 5.41 Å². The van der Waals surface area contributed by atoms with Crippen LogP contribution in [-0.4, -0.2) is 83.6 Å². The summed E-state index contributed by atoms with van der Waals surface area (Å²) in [5.41, 5.74) is -3.90. The summed E-state index contributed by atoms with van der Waals surface area (Å²) in [6.07, 6.45) is 0.559. The van der Waals surface area contributed by atoms with Crippen LogP contribution >= 0.6 is 0 Å². The Bertz CT molecular complexity index is 1390. The van der Waals surface area contributed by atoms with E-state index in [1.165, 1.54) is 20.8 Å². The van der Waals surface area contributed by atoms with Crippen molar-refractivity contribution in [3.8, 4) is 0 Å². The molecule has 51 heavy (non-hydrogen) atoms. The first-order chi connectivity index (χ1) is 24.0. The molecule has 2 saturated heterocycles. The number of fused-ring (bicyclic) bond motifs is 1. The van der Waals surface area contributed by atoms with E-state index in [4.69, 9.17) is 33.2 Å². The number of carbonyl (C=O) groups is 6. The van der Waals surface area contributed by atoms with Gasteiger partial charge in [0.25, 0.3) is 0 Å². The summed E-state index contributed by atoms with van der Waals surface area (Å²) in [5, 5.41) is 0.